The molecule has 322 valence electrons. The van der Waals surface area contributed by atoms with Crippen molar-refractivity contribution < 1.29 is 30.1 Å². The highest BCUT2D eigenvalue weighted by Crippen LogP contribution is 2.21. The van der Waals surface area contributed by atoms with Crippen LogP contribution in [-0.2, 0) is 26.2 Å². The average Bonchev–Trinajstić information content (AvgIpc) is 3.34. The second-order valence-corrected chi connectivity index (χ2v) is 15.2. The molecule has 65 heavy (non-hydrogen) atoms. The first-order valence-corrected chi connectivity index (χ1v) is 20.8. The highest BCUT2D eigenvalue weighted by Gasteiger charge is 2.21. The second-order valence-electron chi connectivity index (χ2n) is 15.2. The third-order valence-corrected chi connectivity index (χ3v) is 10.4. The molecule has 6 N–H and O–H groups in total. The molecule has 0 aliphatic heterocycles. The summed E-state index contributed by atoms with van der Waals surface area (Å²) >= 11 is 0. The molecule has 0 amide bonds. The van der Waals surface area contributed by atoms with E-state index in [1.54, 1.807) is 42.7 Å². The lowest BCUT2D eigenvalue weighted by Gasteiger charge is -2.28. The van der Waals surface area contributed by atoms with Crippen molar-refractivity contribution in [1.29, 1.82) is 0 Å². The Morgan fingerprint density at radius 1 is 0.323 bits per heavy atom. The predicted octanol–water partition coefficient (Wildman–Crippen LogP) is 1.26. The van der Waals surface area contributed by atoms with Crippen LogP contribution in [0.15, 0.2) is 152 Å². The van der Waals surface area contributed by atoms with E-state index in [1.165, 1.54) is 24.5 Å². The molecule has 8 aromatic rings. The summed E-state index contributed by atoms with van der Waals surface area (Å²) in [6.07, 6.45) is 6.41. The van der Waals surface area contributed by atoms with Gasteiger partial charge in [0.05, 0.1) is 68.3 Å². The highest BCUT2D eigenvalue weighted by molar-refractivity contribution is 6.59. The van der Waals surface area contributed by atoms with Gasteiger partial charge in [0.25, 0.3) is 0 Å². The van der Waals surface area contributed by atoms with E-state index < -0.39 is 21.4 Å². The lowest BCUT2D eigenvalue weighted by molar-refractivity contribution is 0.178. The topological polar surface area (TPSA) is 231 Å². The van der Waals surface area contributed by atoms with Gasteiger partial charge >= 0.3 is 21.4 Å². The van der Waals surface area contributed by atoms with E-state index in [-0.39, 0.29) is 5.46 Å². The molecule has 0 aliphatic carbocycles. The van der Waals surface area contributed by atoms with Crippen LogP contribution in [0.4, 0.5) is 0 Å². The number of hydrogen-bond acceptors (Lipinski definition) is 16. The molecule has 0 atom stereocenters. The fourth-order valence-corrected chi connectivity index (χ4v) is 7.25. The van der Waals surface area contributed by atoms with Gasteiger partial charge in [-0.3, -0.25) is 29.7 Å². The standard InChI is InChI=1S/C46H43B3N10O6/c60-47(61)32-16-20-52-44(25-32)42-14-6-9-36(55-42)28-58(29-37-10-7-15-43(56-37)45-26-33(48(62)63)17-21-53-45)22-23-59(30-35-8-5-13-41(54-35)39-11-1-3-18-50-39)31-38-24-34(49(64)65)27-46(57-38)40-12-2-4-19-51-40/h1-21,24-27,60-65H,22-23,28-31H2. The summed E-state index contributed by atoms with van der Waals surface area (Å²) in [6.45, 7) is 2.44. The van der Waals surface area contributed by atoms with Crippen LogP contribution in [0.2, 0.25) is 0 Å². The smallest absolute Gasteiger partial charge is 0.423 e. The zero-order chi connectivity index (χ0) is 45.1. The fourth-order valence-electron chi connectivity index (χ4n) is 7.25. The number of hydrogen-bond donors (Lipinski definition) is 6. The Labute approximate surface area is 376 Å². The maximum Gasteiger partial charge on any atom is 0.488 e. The van der Waals surface area contributed by atoms with Gasteiger partial charge < -0.3 is 30.1 Å². The van der Waals surface area contributed by atoms with Gasteiger partial charge in [0, 0.05) is 64.1 Å². The molecule has 0 bridgehead atoms. The fraction of sp³-hybridized carbons (Fsp3) is 0.130. The third-order valence-electron chi connectivity index (χ3n) is 10.4. The molecule has 0 aromatic carbocycles. The number of rotatable bonds is 18. The summed E-state index contributed by atoms with van der Waals surface area (Å²) in [4.78, 5) is 42.1. The van der Waals surface area contributed by atoms with E-state index in [2.05, 4.69) is 29.7 Å². The van der Waals surface area contributed by atoms with Gasteiger partial charge in [-0.15, -0.1) is 0 Å². The molecule has 8 heterocycles. The highest BCUT2D eigenvalue weighted by atomic mass is 16.4. The molecule has 16 nitrogen and oxygen atoms in total. The number of pyridine rings is 8. The van der Waals surface area contributed by atoms with Crippen LogP contribution in [0.25, 0.3) is 45.6 Å². The molecule has 0 saturated carbocycles. The van der Waals surface area contributed by atoms with Crippen molar-refractivity contribution in [3.05, 3.63) is 175 Å². The summed E-state index contributed by atoms with van der Waals surface area (Å²) in [7, 11) is -5.05. The van der Waals surface area contributed by atoms with Crippen molar-refractivity contribution in [1.82, 2.24) is 49.7 Å². The first-order valence-electron chi connectivity index (χ1n) is 20.8. The first kappa shape index (κ1) is 44.7. The van der Waals surface area contributed by atoms with E-state index in [4.69, 9.17) is 19.9 Å². The summed E-state index contributed by atoms with van der Waals surface area (Å²) in [5.74, 6) is 0. The van der Waals surface area contributed by atoms with E-state index in [0.29, 0.717) is 90.1 Å². The Morgan fingerprint density at radius 3 is 1.12 bits per heavy atom. The second kappa shape index (κ2) is 21.2. The van der Waals surface area contributed by atoms with Crippen molar-refractivity contribution in [2.24, 2.45) is 0 Å². The maximum atomic E-state index is 10.4. The lowest BCUT2D eigenvalue weighted by atomic mass is 9.80. The largest absolute Gasteiger partial charge is 0.488 e. The molecule has 0 radical (unpaired) electrons. The summed E-state index contributed by atoms with van der Waals surface area (Å²) < 4.78 is 0. The minimum atomic E-state index is -1.73. The summed E-state index contributed by atoms with van der Waals surface area (Å²) in [6, 6.07) is 37.8. The monoisotopic (exact) mass is 864 g/mol. The SMILES string of the molecule is OB(O)c1ccnc(-c2cccc(CN(CCN(Cc3cccc(-c4ccccn4)n3)Cc3cc(B(O)O)cc(-c4ccccn4)n3)Cc3cccc(-c4cc(B(O)O)ccn4)n3)n2)c1. The van der Waals surface area contributed by atoms with Gasteiger partial charge in [-0.05, 0) is 113 Å². The van der Waals surface area contributed by atoms with Gasteiger partial charge in [0.15, 0.2) is 0 Å². The van der Waals surface area contributed by atoms with Gasteiger partial charge in [-0.1, -0.05) is 30.3 Å². The van der Waals surface area contributed by atoms with Crippen molar-refractivity contribution in [2.75, 3.05) is 13.1 Å². The Hall–Kier alpha value is -6.93. The quantitative estimate of drug-likeness (QED) is 0.0667. The van der Waals surface area contributed by atoms with Gasteiger partial charge in [-0.2, -0.15) is 0 Å². The molecule has 0 aliphatic rings. The van der Waals surface area contributed by atoms with E-state index in [9.17, 15) is 30.1 Å². The Kier molecular flexibility index (Phi) is 14.5. The molecule has 0 unspecified atom stereocenters. The van der Waals surface area contributed by atoms with E-state index in [1.807, 2.05) is 84.9 Å². The van der Waals surface area contributed by atoms with Crippen LogP contribution in [0.3, 0.4) is 0 Å². The van der Waals surface area contributed by atoms with Gasteiger partial charge in [0.1, 0.15) is 0 Å². The zero-order valence-electron chi connectivity index (χ0n) is 35.1. The molecular weight excluding hydrogens is 821 g/mol. The van der Waals surface area contributed by atoms with Crippen LogP contribution in [0, 0.1) is 0 Å². The molecule has 0 spiro atoms. The van der Waals surface area contributed by atoms with Crippen LogP contribution >= 0.6 is 0 Å². The van der Waals surface area contributed by atoms with E-state index >= 15 is 0 Å². The Bertz CT molecular complexity index is 2740. The molecular formula is C46H43B3N10O6. The van der Waals surface area contributed by atoms with Crippen LogP contribution in [0.1, 0.15) is 22.8 Å². The molecule has 8 rings (SSSR count). The zero-order valence-corrected chi connectivity index (χ0v) is 35.1. The first-order chi connectivity index (χ1) is 31.6. The summed E-state index contributed by atoms with van der Waals surface area (Å²) in [5.41, 5.74) is 8.36. The van der Waals surface area contributed by atoms with Crippen LogP contribution in [-0.4, -0.2) is 114 Å². The van der Waals surface area contributed by atoms with Gasteiger partial charge in [-0.25, -0.2) is 19.9 Å². The van der Waals surface area contributed by atoms with Gasteiger partial charge in [0.2, 0.25) is 0 Å². The van der Waals surface area contributed by atoms with Crippen LogP contribution in [0.5, 0.6) is 0 Å². The minimum Gasteiger partial charge on any atom is -0.423 e. The van der Waals surface area contributed by atoms with E-state index in [0.717, 1.165) is 28.5 Å². The Morgan fingerprint density at radius 2 is 0.692 bits per heavy atom. The molecule has 8 aromatic heterocycles. The molecule has 0 fully saturated rings. The third kappa shape index (κ3) is 12.0. The Balaban J connectivity index is 1.13. The number of nitrogens with zero attached hydrogens (tertiary/aromatic N) is 10. The average molecular weight is 864 g/mol. The minimum absolute atomic E-state index is 0.284. The van der Waals surface area contributed by atoms with Crippen molar-refractivity contribution in [3.63, 3.8) is 0 Å². The van der Waals surface area contributed by atoms with Crippen molar-refractivity contribution in [2.45, 2.75) is 26.2 Å². The van der Waals surface area contributed by atoms with Crippen molar-refractivity contribution >= 4 is 37.7 Å². The van der Waals surface area contributed by atoms with Crippen LogP contribution < -0.4 is 16.4 Å². The normalized spacial score (nSPS) is 11.3. The predicted molar refractivity (Wildman–Crippen MR) is 248 cm³/mol. The molecule has 0 saturated heterocycles. The van der Waals surface area contributed by atoms with Crippen molar-refractivity contribution in [3.8, 4) is 45.6 Å². The number of aromatic nitrogens is 8. The maximum absolute atomic E-state index is 10.4. The molecule has 19 heteroatoms. The lowest BCUT2D eigenvalue weighted by Crippen LogP contribution is -2.36. The summed E-state index contributed by atoms with van der Waals surface area (Å²) in [5, 5.41) is 60.0.